The summed E-state index contributed by atoms with van der Waals surface area (Å²) in [5.74, 6) is -0.345. The van der Waals surface area contributed by atoms with Crippen molar-refractivity contribution in [3.05, 3.63) is 0 Å². The topological polar surface area (TPSA) is 74.3 Å². The van der Waals surface area contributed by atoms with Crippen LogP contribution < -0.4 is 0 Å². The minimum atomic E-state index is -0.610. The molecule has 0 spiro atoms. The second-order valence-electron chi connectivity index (χ2n) is 10.2. The number of methoxy groups -OCH3 is 1. The van der Waals surface area contributed by atoms with Gasteiger partial charge in [0.1, 0.15) is 11.6 Å². The highest BCUT2D eigenvalue weighted by molar-refractivity contribution is 6.45. The smallest absolute Gasteiger partial charge is 0.457 e. The minimum Gasteiger partial charge on any atom is -0.467 e. The van der Waals surface area contributed by atoms with E-state index in [1.807, 2.05) is 48.5 Å². The van der Waals surface area contributed by atoms with Crippen LogP contribution in [0.4, 0.5) is 4.79 Å². The highest BCUT2D eigenvalue weighted by Gasteiger charge is 2.50. The molecule has 0 saturated carbocycles. The molecule has 2 saturated heterocycles. The molecular weight excluding hydrogens is 373 g/mol. The van der Waals surface area contributed by atoms with E-state index in [0.717, 1.165) is 32.0 Å². The SMILES string of the molecule is COC(=O)C1C(CCCB2OC(C)(C)C(C)(C)O2)CCCN1C(=O)OC(C)(C)C. The number of carbonyl (C=O) groups is 2. The molecule has 0 aliphatic carbocycles. The Morgan fingerprint density at radius 3 is 2.24 bits per heavy atom. The van der Waals surface area contributed by atoms with Crippen molar-refractivity contribution in [3.8, 4) is 0 Å². The lowest BCUT2D eigenvalue weighted by molar-refractivity contribution is -0.150. The number of ether oxygens (including phenoxy) is 2. The van der Waals surface area contributed by atoms with E-state index in [4.69, 9.17) is 18.8 Å². The predicted molar refractivity (Wildman–Crippen MR) is 112 cm³/mol. The van der Waals surface area contributed by atoms with Gasteiger partial charge < -0.3 is 18.8 Å². The highest BCUT2D eigenvalue weighted by Crippen LogP contribution is 2.39. The average molecular weight is 411 g/mol. The van der Waals surface area contributed by atoms with Gasteiger partial charge in [0.25, 0.3) is 0 Å². The molecule has 0 aromatic rings. The van der Waals surface area contributed by atoms with Crippen LogP contribution in [-0.4, -0.2) is 60.6 Å². The van der Waals surface area contributed by atoms with E-state index in [-0.39, 0.29) is 30.2 Å². The van der Waals surface area contributed by atoms with Crippen molar-refractivity contribution in [2.75, 3.05) is 13.7 Å². The largest absolute Gasteiger partial charge is 0.467 e. The Kier molecular flexibility index (Phi) is 7.32. The van der Waals surface area contributed by atoms with Gasteiger partial charge in [0.2, 0.25) is 0 Å². The quantitative estimate of drug-likeness (QED) is 0.502. The summed E-state index contributed by atoms with van der Waals surface area (Å²) in [7, 11) is 1.12. The molecule has 0 aromatic carbocycles. The molecule has 7 nitrogen and oxygen atoms in total. The summed E-state index contributed by atoms with van der Waals surface area (Å²) in [5, 5.41) is 0. The van der Waals surface area contributed by atoms with Crippen molar-refractivity contribution in [3.63, 3.8) is 0 Å². The molecule has 0 bridgehead atoms. The van der Waals surface area contributed by atoms with Crippen molar-refractivity contribution in [1.29, 1.82) is 0 Å². The molecular formula is C21H38BNO6. The third kappa shape index (κ3) is 5.88. The standard InChI is InChI=1S/C21H38BNO6/c1-19(2,3)27-18(25)23-14-10-12-15(16(23)17(24)26-8)11-9-13-22-28-20(4,5)21(6,7)29-22/h15-16H,9-14H2,1-8H3. The molecule has 2 unspecified atom stereocenters. The summed E-state index contributed by atoms with van der Waals surface area (Å²) in [5.41, 5.74) is -1.30. The van der Waals surface area contributed by atoms with E-state index in [9.17, 15) is 9.59 Å². The number of amides is 1. The first-order valence-corrected chi connectivity index (χ1v) is 10.7. The minimum absolute atomic E-state index is 0.0335. The molecule has 2 atom stereocenters. The van der Waals surface area contributed by atoms with Gasteiger partial charge in [-0.2, -0.15) is 0 Å². The Morgan fingerprint density at radius 1 is 1.14 bits per heavy atom. The summed E-state index contributed by atoms with van der Waals surface area (Å²) in [4.78, 5) is 26.7. The number of likely N-dealkylation sites (tertiary alicyclic amines) is 1. The lowest BCUT2D eigenvalue weighted by Crippen LogP contribution is -2.54. The van der Waals surface area contributed by atoms with Gasteiger partial charge in [0.15, 0.2) is 0 Å². The van der Waals surface area contributed by atoms with Gasteiger partial charge >= 0.3 is 19.2 Å². The fourth-order valence-corrected chi connectivity index (χ4v) is 3.97. The zero-order valence-corrected chi connectivity index (χ0v) is 19.4. The van der Waals surface area contributed by atoms with Crippen LogP contribution in [0.1, 0.15) is 74.1 Å². The number of carbonyl (C=O) groups excluding carboxylic acids is 2. The van der Waals surface area contributed by atoms with E-state index >= 15 is 0 Å². The van der Waals surface area contributed by atoms with Crippen LogP contribution in [0.3, 0.4) is 0 Å². The summed E-state index contributed by atoms with van der Waals surface area (Å²) >= 11 is 0. The van der Waals surface area contributed by atoms with Gasteiger partial charge in [0.05, 0.1) is 18.3 Å². The fourth-order valence-electron chi connectivity index (χ4n) is 3.97. The third-order valence-corrected chi connectivity index (χ3v) is 6.14. The molecule has 29 heavy (non-hydrogen) atoms. The van der Waals surface area contributed by atoms with Crippen LogP contribution in [0.2, 0.25) is 6.32 Å². The van der Waals surface area contributed by atoms with Crippen LogP contribution in [0.15, 0.2) is 0 Å². The van der Waals surface area contributed by atoms with Gasteiger partial charge in [-0.05, 0) is 80.0 Å². The van der Waals surface area contributed by atoms with Crippen LogP contribution in [0, 0.1) is 5.92 Å². The average Bonchev–Trinajstić information content (AvgIpc) is 2.79. The maximum atomic E-state index is 12.7. The van der Waals surface area contributed by atoms with Crippen LogP contribution >= 0.6 is 0 Å². The third-order valence-electron chi connectivity index (χ3n) is 6.14. The van der Waals surface area contributed by atoms with Gasteiger partial charge in [-0.3, -0.25) is 4.90 Å². The molecule has 2 rings (SSSR count). The number of rotatable bonds is 5. The zero-order chi connectivity index (χ0) is 22.0. The van der Waals surface area contributed by atoms with Crippen molar-refractivity contribution >= 4 is 19.2 Å². The molecule has 0 radical (unpaired) electrons. The number of nitrogens with zero attached hydrogens (tertiary/aromatic N) is 1. The van der Waals surface area contributed by atoms with Crippen molar-refractivity contribution in [2.24, 2.45) is 5.92 Å². The molecule has 1 amide bonds. The molecule has 166 valence electrons. The molecule has 8 heteroatoms. The maximum absolute atomic E-state index is 12.7. The van der Waals surface area contributed by atoms with Gasteiger partial charge in [-0.25, -0.2) is 9.59 Å². The Balaban J connectivity index is 1.99. The normalized spacial score (nSPS) is 26.3. The van der Waals surface area contributed by atoms with Gasteiger partial charge in [0, 0.05) is 6.54 Å². The van der Waals surface area contributed by atoms with E-state index in [2.05, 4.69) is 0 Å². The number of piperidine rings is 1. The first-order valence-electron chi connectivity index (χ1n) is 10.7. The Morgan fingerprint density at radius 2 is 1.72 bits per heavy atom. The second-order valence-corrected chi connectivity index (χ2v) is 10.2. The first kappa shape index (κ1) is 24.0. The van der Waals surface area contributed by atoms with E-state index in [1.165, 1.54) is 7.11 Å². The zero-order valence-electron chi connectivity index (χ0n) is 19.4. The summed E-state index contributed by atoms with van der Waals surface area (Å²) in [6.07, 6.45) is 3.66. The van der Waals surface area contributed by atoms with E-state index in [1.54, 1.807) is 4.90 Å². The van der Waals surface area contributed by atoms with Crippen LogP contribution in [0.5, 0.6) is 0 Å². The molecule has 2 fully saturated rings. The van der Waals surface area contributed by atoms with Gasteiger partial charge in [-0.15, -0.1) is 0 Å². The molecule has 2 aliphatic heterocycles. The number of hydrogen-bond acceptors (Lipinski definition) is 6. The van der Waals surface area contributed by atoms with E-state index < -0.39 is 17.7 Å². The Labute approximate surface area is 175 Å². The summed E-state index contributed by atoms with van der Waals surface area (Å²) in [6, 6.07) is -0.609. The molecule has 0 aromatic heterocycles. The lowest BCUT2D eigenvalue weighted by atomic mass is 9.78. The Bertz CT molecular complexity index is 584. The highest BCUT2D eigenvalue weighted by atomic mass is 16.7. The fraction of sp³-hybridized carbons (Fsp3) is 0.905. The van der Waals surface area contributed by atoms with Crippen LogP contribution in [0.25, 0.3) is 0 Å². The summed E-state index contributed by atoms with van der Waals surface area (Å²) < 4.78 is 22.7. The molecule has 0 N–H and O–H groups in total. The second kappa shape index (κ2) is 8.84. The lowest BCUT2D eigenvalue weighted by Gasteiger charge is -2.40. The van der Waals surface area contributed by atoms with Crippen LogP contribution in [-0.2, 0) is 23.6 Å². The molecule has 2 aliphatic rings. The molecule has 2 heterocycles. The van der Waals surface area contributed by atoms with Gasteiger partial charge in [-0.1, -0.05) is 6.42 Å². The van der Waals surface area contributed by atoms with Crippen molar-refractivity contribution < 1.29 is 28.4 Å². The van der Waals surface area contributed by atoms with Crippen molar-refractivity contribution in [2.45, 2.75) is 103 Å². The number of hydrogen-bond donors (Lipinski definition) is 0. The maximum Gasteiger partial charge on any atom is 0.457 e. The van der Waals surface area contributed by atoms with Crippen molar-refractivity contribution in [1.82, 2.24) is 4.90 Å². The predicted octanol–water partition coefficient (Wildman–Crippen LogP) is 4.05. The summed E-state index contributed by atoms with van der Waals surface area (Å²) in [6.45, 7) is 14.1. The Hall–Kier alpha value is -1.28. The number of esters is 1. The first-order chi connectivity index (χ1) is 13.3. The van der Waals surface area contributed by atoms with E-state index in [0.29, 0.717) is 6.54 Å². The monoisotopic (exact) mass is 411 g/mol.